The van der Waals surface area contributed by atoms with E-state index in [1.54, 1.807) is 12.1 Å². The maximum absolute atomic E-state index is 13.9. The van der Waals surface area contributed by atoms with Crippen LogP contribution >= 0.6 is 0 Å². The molecule has 0 saturated heterocycles. The number of para-hydroxylation sites is 1. The van der Waals surface area contributed by atoms with Crippen molar-refractivity contribution in [2.45, 2.75) is 39.5 Å². The van der Waals surface area contributed by atoms with E-state index in [-0.39, 0.29) is 23.7 Å². The first-order valence-electron chi connectivity index (χ1n) is 6.50. The number of rotatable bonds is 5. The van der Waals surface area contributed by atoms with Crippen molar-refractivity contribution in [3.05, 3.63) is 47.6 Å². The highest BCUT2D eigenvalue weighted by Crippen LogP contribution is 2.24. The van der Waals surface area contributed by atoms with Crippen LogP contribution in [0.1, 0.15) is 32.1 Å². The number of nitrogens with zero attached hydrogens (tertiary/aromatic N) is 1. The van der Waals surface area contributed by atoms with Gasteiger partial charge in [-0.1, -0.05) is 17.3 Å². The van der Waals surface area contributed by atoms with Crippen LogP contribution in [0.5, 0.6) is 5.75 Å². The van der Waals surface area contributed by atoms with Crippen LogP contribution in [0.3, 0.4) is 0 Å². The molecule has 4 nitrogen and oxygen atoms in total. The Morgan fingerprint density at radius 1 is 1.30 bits per heavy atom. The van der Waals surface area contributed by atoms with E-state index in [1.807, 2.05) is 6.07 Å². The minimum Gasteiger partial charge on any atom is -0.482 e. The summed E-state index contributed by atoms with van der Waals surface area (Å²) in [7, 11) is 0. The van der Waals surface area contributed by atoms with Crippen molar-refractivity contribution in [1.29, 1.82) is 0 Å². The van der Waals surface area contributed by atoms with Crippen LogP contribution in [0.15, 0.2) is 35.0 Å². The van der Waals surface area contributed by atoms with Crippen LogP contribution in [0.2, 0.25) is 0 Å². The number of halogens is 1. The van der Waals surface area contributed by atoms with E-state index >= 15 is 0 Å². The SMILES string of the molecule is CC(C)(C)NCc1cccc(F)c1OCc1ccno1. The molecule has 5 heteroatoms. The normalized spacial score (nSPS) is 11.6. The van der Waals surface area contributed by atoms with E-state index in [0.29, 0.717) is 12.3 Å². The van der Waals surface area contributed by atoms with Crippen LogP contribution in [-0.4, -0.2) is 10.7 Å². The average molecular weight is 278 g/mol. The number of ether oxygens (including phenoxy) is 1. The molecule has 0 aliphatic heterocycles. The predicted octanol–water partition coefficient (Wildman–Crippen LogP) is 3.28. The molecule has 2 aromatic rings. The Balaban J connectivity index is 2.09. The Bertz CT molecular complexity index is 547. The summed E-state index contributed by atoms with van der Waals surface area (Å²) in [6.45, 7) is 6.86. The van der Waals surface area contributed by atoms with Crippen LogP contribution < -0.4 is 10.1 Å². The first kappa shape index (κ1) is 14.5. The molecule has 0 radical (unpaired) electrons. The van der Waals surface area contributed by atoms with Gasteiger partial charge in [0, 0.05) is 23.7 Å². The highest BCUT2D eigenvalue weighted by atomic mass is 19.1. The molecule has 0 spiro atoms. The third-order valence-electron chi connectivity index (χ3n) is 2.71. The Hall–Kier alpha value is -1.88. The Morgan fingerprint density at radius 3 is 2.75 bits per heavy atom. The minimum atomic E-state index is -0.377. The number of hydrogen-bond donors (Lipinski definition) is 1. The molecule has 0 bridgehead atoms. The standard InChI is InChI=1S/C15H19FN2O2/c1-15(2,3)17-9-11-5-4-6-13(16)14(11)19-10-12-7-8-18-20-12/h4-8,17H,9-10H2,1-3H3. The molecule has 2 rings (SSSR count). The number of hydrogen-bond acceptors (Lipinski definition) is 4. The monoisotopic (exact) mass is 278 g/mol. The summed E-state index contributed by atoms with van der Waals surface area (Å²) in [5.74, 6) is 0.432. The molecule has 108 valence electrons. The first-order chi connectivity index (χ1) is 9.46. The topological polar surface area (TPSA) is 47.3 Å². The summed E-state index contributed by atoms with van der Waals surface area (Å²) in [4.78, 5) is 0. The largest absolute Gasteiger partial charge is 0.482 e. The maximum atomic E-state index is 13.9. The van der Waals surface area contributed by atoms with E-state index in [1.165, 1.54) is 12.3 Å². The lowest BCUT2D eigenvalue weighted by molar-refractivity contribution is 0.237. The second-order valence-corrected chi connectivity index (χ2v) is 5.60. The summed E-state index contributed by atoms with van der Waals surface area (Å²) >= 11 is 0. The molecule has 1 aromatic carbocycles. The van der Waals surface area contributed by atoms with Gasteiger partial charge in [-0.25, -0.2) is 4.39 Å². The Labute approximate surface area is 117 Å². The van der Waals surface area contributed by atoms with Crippen molar-refractivity contribution in [3.8, 4) is 5.75 Å². The van der Waals surface area contributed by atoms with Crippen molar-refractivity contribution in [1.82, 2.24) is 10.5 Å². The lowest BCUT2D eigenvalue weighted by atomic mass is 10.1. The van der Waals surface area contributed by atoms with Gasteiger partial charge < -0.3 is 14.6 Å². The van der Waals surface area contributed by atoms with Gasteiger partial charge in [-0.15, -0.1) is 0 Å². The molecule has 0 amide bonds. The summed E-state index contributed by atoms with van der Waals surface area (Å²) in [6, 6.07) is 6.60. The summed E-state index contributed by atoms with van der Waals surface area (Å²) < 4.78 is 24.4. The van der Waals surface area contributed by atoms with Crippen LogP contribution in [0, 0.1) is 5.82 Å². The van der Waals surface area contributed by atoms with E-state index in [4.69, 9.17) is 9.26 Å². The lowest BCUT2D eigenvalue weighted by Crippen LogP contribution is -2.35. The fourth-order valence-corrected chi connectivity index (χ4v) is 1.67. The molecule has 1 heterocycles. The van der Waals surface area contributed by atoms with Gasteiger partial charge in [-0.2, -0.15) is 0 Å². The number of benzene rings is 1. The first-order valence-corrected chi connectivity index (χ1v) is 6.50. The molecular weight excluding hydrogens is 259 g/mol. The van der Waals surface area contributed by atoms with Gasteiger partial charge >= 0.3 is 0 Å². The van der Waals surface area contributed by atoms with Crippen LogP contribution in [-0.2, 0) is 13.2 Å². The second-order valence-electron chi connectivity index (χ2n) is 5.60. The van der Waals surface area contributed by atoms with Crippen molar-refractivity contribution in [2.24, 2.45) is 0 Å². The third kappa shape index (κ3) is 4.06. The van der Waals surface area contributed by atoms with Gasteiger partial charge in [0.15, 0.2) is 17.3 Å². The number of aromatic nitrogens is 1. The van der Waals surface area contributed by atoms with Crippen molar-refractivity contribution >= 4 is 0 Å². The smallest absolute Gasteiger partial charge is 0.174 e. The molecule has 0 aliphatic rings. The van der Waals surface area contributed by atoms with Gasteiger partial charge in [0.2, 0.25) is 0 Å². The molecule has 0 unspecified atom stereocenters. The van der Waals surface area contributed by atoms with E-state index in [9.17, 15) is 4.39 Å². The zero-order chi connectivity index (χ0) is 14.6. The lowest BCUT2D eigenvalue weighted by Gasteiger charge is -2.21. The van der Waals surface area contributed by atoms with Gasteiger partial charge in [0.25, 0.3) is 0 Å². The summed E-state index contributed by atoms with van der Waals surface area (Å²) in [6.07, 6.45) is 1.53. The average Bonchev–Trinajstić information content (AvgIpc) is 2.87. The molecule has 20 heavy (non-hydrogen) atoms. The summed E-state index contributed by atoms with van der Waals surface area (Å²) in [5, 5.41) is 6.90. The van der Waals surface area contributed by atoms with E-state index < -0.39 is 0 Å². The highest BCUT2D eigenvalue weighted by molar-refractivity contribution is 5.35. The van der Waals surface area contributed by atoms with Crippen molar-refractivity contribution in [2.75, 3.05) is 0 Å². The molecule has 1 N–H and O–H groups in total. The Kier molecular flexibility index (Phi) is 4.39. The van der Waals surface area contributed by atoms with Crippen molar-refractivity contribution in [3.63, 3.8) is 0 Å². The molecular formula is C15H19FN2O2. The van der Waals surface area contributed by atoms with Gasteiger partial charge in [0.1, 0.15) is 6.61 Å². The fraction of sp³-hybridized carbons (Fsp3) is 0.400. The fourth-order valence-electron chi connectivity index (χ4n) is 1.67. The molecule has 0 aliphatic carbocycles. The maximum Gasteiger partial charge on any atom is 0.174 e. The molecule has 0 fully saturated rings. The second kappa shape index (κ2) is 6.05. The minimum absolute atomic E-state index is 0.0471. The molecule has 1 aromatic heterocycles. The van der Waals surface area contributed by atoms with Crippen LogP contribution in [0.4, 0.5) is 4.39 Å². The molecule has 0 atom stereocenters. The van der Waals surface area contributed by atoms with Crippen molar-refractivity contribution < 1.29 is 13.7 Å². The van der Waals surface area contributed by atoms with E-state index in [0.717, 1.165) is 5.56 Å². The van der Waals surface area contributed by atoms with E-state index in [2.05, 4.69) is 31.2 Å². The quantitative estimate of drug-likeness (QED) is 0.911. The zero-order valence-electron chi connectivity index (χ0n) is 11.9. The zero-order valence-corrected chi connectivity index (χ0v) is 11.9. The number of nitrogens with one attached hydrogen (secondary N) is 1. The van der Waals surface area contributed by atoms with Gasteiger partial charge in [-0.3, -0.25) is 0 Å². The summed E-state index contributed by atoms with van der Waals surface area (Å²) in [5.41, 5.74) is 0.730. The Morgan fingerprint density at radius 2 is 2.10 bits per heavy atom. The third-order valence-corrected chi connectivity index (χ3v) is 2.71. The van der Waals surface area contributed by atoms with Gasteiger partial charge in [-0.05, 0) is 26.8 Å². The predicted molar refractivity (Wildman–Crippen MR) is 73.8 cm³/mol. The van der Waals surface area contributed by atoms with Crippen LogP contribution in [0.25, 0.3) is 0 Å². The van der Waals surface area contributed by atoms with Gasteiger partial charge in [0.05, 0.1) is 6.20 Å². The molecule has 0 saturated carbocycles. The highest BCUT2D eigenvalue weighted by Gasteiger charge is 2.14.